The number of carbonyl (C=O) groups excluding carboxylic acids is 2. The normalized spacial score (nSPS) is 25.1. The molecule has 2 amide bonds. The fraction of sp³-hybridized carbons (Fsp3) is 0.474. The second-order valence-electron chi connectivity index (χ2n) is 7.03. The van der Waals surface area contributed by atoms with Gasteiger partial charge in [-0.1, -0.05) is 12.2 Å². The number of allylic oxidation sites excluding steroid dienone is 2. The van der Waals surface area contributed by atoms with Gasteiger partial charge in [0.05, 0.1) is 0 Å². The monoisotopic (exact) mass is 312 g/mol. The maximum absolute atomic E-state index is 12.9. The summed E-state index contributed by atoms with van der Waals surface area (Å²) in [6.07, 6.45) is 7.09. The lowest BCUT2D eigenvalue weighted by atomic mass is 9.92. The summed E-state index contributed by atoms with van der Waals surface area (Å²) in [5, 5.41) is 0. The zero-order valence-corrected chi connectivity index (χ0v) is 13.7. The Morgan fingerprint density at radius 1 is 1.13 bits per heavy atom. The Bertz CT molecular complexity index is 633. The van der Waals surface area contributed by atoms with Gasteiger partial charge < -0.3 is 10.6 Å². The number of carbonyl (C=O) groups is 2. The maximum Gasteiger partial charge on any atom is 0.254 e. The highest BCUT2D eigenvalue weighted by atomic mass is 16.2. The first-order valence-electron chi connectivity index (χ1n) is 8.35. The minimum Gasteiger partial charge on any atom is -0.366 e. The first-order chi connectivity index (χ1) is 11.0. The van der Waals surface area contributed by atoms with Crippen molar-refractivity contribution in [3.8, 4) is 0 Å². The van der Waals surface area contributed by atoms with Gasteiger partial charge in [0, 0.05) is 23.7 Å². The molecule has 0 heterocycles. The van der Waals surface area contributed by atoms with Crippen molar-refractivity contribution in [1.29, 1.82) is 0 Å². The Morgan fingerprint density at radius 3 is 2.26 bits per heavy atom. The summed E-state index contributed by atoms with van der Waals surface area (Å²) in [7, 11) is 0. The molecular formula is C19H24N2O2. The number of fused-ring (bicyclic) bond motifs is 2. The summed E-state index contributed by atoms with van der Waals surface area (Å²) in [4.78, 5) is 26.0. The van der Waals surface area contributed by atoms with Crippen LogP contribution in [0.3, 0.4) is 0 Å². The molecule has 2 aliphatic rings. The molecule has 3 atom stereocenters. The number of nitrogens with zero attached hydrogens (tertiary/aromatic N) is 1. The highest BCUT2D eigenvalue weighted by molar-refractivity contribution is 5.97. The van der Waals surface area contributed by atoms with Crippen LogP contribution in [0.25, 0.3) is 0 Å². The predicted molar refractivity (Wildman–Crippen MR) is 90.0 cm³/mol. The lowest BCUT2D eigenvalue weighted by Crippen LogP contribution is -2.41. The van der Waals surface area contributed by atoms with Gasteiger partial charge in [0.25, 0.3) is 5.91 Å². The Kier molecular flexibility index (Phi) is 4.24. The van der Waals surface area contributed by atoms with E-state index in [0.717, 1.165) is 6.54 Å². The van der Waals surface area contributed by atoms with E-state index in [1.165, 1.54) is 12.8 Å². The molecular weight excluding hydrogens is 288 g/mol. The van der Waals surface area contributed by atoms with E-state index in [-0.39, 0.29) is 11.9 Å². The molecule has 2 aliphatic carbocycles. The smallest absolute Gasteiger partial charge is 0.254 e. The van der Waals surface area contributed by atoms with Crippen molar-refractivity contribution in [2.45, 2.75) is 32.7 Å². The Hall–Kier alpha value is -2.10. The van der Waals surface area contributed by atoms with Crippen molar-refractivity contribution >= 4 is 11.8 Å². The Balaban J connectivity index is 1.73. The summed E-state index contributed by atoms with van der Waals surface area (Å²) in [5.74, 6) is 1.47. The first kappa shape index (κ1) is 15.8. The fourth-order valence-corrected chi connectivity index (χ4v) is 3.83. The van der Waals surface area contributed by atoms with Crippen LogP contribution in [0, 0.1) is 17.8 Å². The van der Waals surface area contributed by atoms with Gasteiger partial charge in [0.1, 0.15) is 0 Å². The molecule has 0 unspecified atom stereocenters. The second kappa shape index (κ2) is 6.19. The lowest BCUT2D eigenvalue weighted by Gasteiger charge is -2.32. The predicted octanol–water partition coefficient (Wildman–Crippen LogP) is 2.85. The standard InChI is InChI=1S/C19H24N2O2/c1-12(2)21(11-17-10-13-3-4-16(17)9-13)19(23)15-7-5-14(6-8-15)18(20)22/h3-8,12-13,16-17H,9-11H2,1-2H3,(H2,20,22)/t13-,16-,17+/m0/s1. The van der Waals surface area contributed by atoms with E-state index in [4.69, 9.17) is 5.73 Å². The molecule has 4 heteroatoms. The van der Waals surface area contributed by atoms with Crippen molar-refractivity contribution in [2.75, 3.05) is 6.54 Å². The largest absolute Gasteiger partial charge is 0.366 e. The molecule has 1 saturated carbocycles. The third-order valence-corrected chi connectivity index (χ3v) is 5.15. The molecule has 1 fully saturated rings. The molecule has 23 heavy (non-hydrogen) atoms. The van der Waals surface area contributed by atoms with Gasteiger partial charge in [-0.15, -0.1) is 0 Å². The molecule has 4 nitrogen and oxygen atoms in total. The van der Waals surface area contributed by atoms with Crippen LogP contribution < -0.4 is 5.73 Å². The van der Waals surface area contributed by atoms with Crippen molar-refractivity contribution in [3.05, 3.63) is 47.5 Å². The van der Waals surface area contributed by atoms with Crippen molar-refractivity contribution in [2.24, 2.45) is 23.5 Å². The van der Waals surface area contributed by atoms with Gasteiger partial charge in [-0.25, -0.2) is 0 Å². The number of rotatable bonds is 5. The Labute approximate surface area is 137 Å². The quantitative estimate of drug-likeness (QED) is 0.850. The lowest BCUT2D eigenvalue weighted by molar-refractivity contribution is 0.0661. The zero-order chi connectivity index (χ0) is 16.6. The van der Waals surface area contributed by atoms with Crippen molar-refractivity contribution < 1.29 is 9.59 Å². The van der Waals surface area contributed by atoms with Crippen molar-refractivity contribution in [1.82, 2.24) is 4.90 Å². The van der Waals surface area contributed by atoms with E-state index in [1.54, 1.807) is 24.3 Å². The van der Waals surface area contributed by atoms with Crippen LogP contribution in [0.5, 0.6) is 0 Å². The number of hydrogen-bond donors (Lipinski definition) is 1. The van der Waals surface area contributed by atoms with E-state index in [2.05, 4.69) is 26.0 Å². The van der Waals surface area contributed by atoms with E-state index in [0.29, 0.717) is 28.9 Å². The molecule has 0 spiro atoms. The minimum absolute atomic E-state index is 0.0303. The molecule has 0 radical (unpaired) electrons. The van der Waals surface area contributed by atoms with Crippen LogP contribution in [0.4, 0.5) is 0 Å². The third-order valence-electron chi connectivity index (χ3n) is 5.15. The summed E-state index contributed by atoms with van der Waals surface area (Å²) in [5.41, 5.74) is 6.29. The van der Waals surface area contributed by atoms with Gasteiger partial charge in [-0.2, -0.15) is 0 Å². The molecule has 0 aliphatic heterocycles. The Morgan fingerprint density at radius 2 is 1.78 bits per heavy atom. The minimum atomic E-state index is -0.474. The van der Waals surface area contributed by atoms with E-state index in [1.807, 2.05) is 4.90 Å². The van der Waals surface area contributed by atoms with Crippen LogP contribution in [0.2, 0.25) is 0 Å². The fourth-order valence-electron chi connectivity index (χ4n) is 3.83. The van der Waals surface area contributed by atoms with E-state index in [9.17, 15) is 9.59 Å². The third kappa shape index (κ3) is 3.16. The average Bonchev–Trinajstić information content (AvgIpc) is 3.14. The van der Waals surface area contributed by atoms with Gasteiger partial charge in [-0.05, 0) is 68.7 Å². The summed E-state index contributed by atoms with van der Waals surface area (Å²) in [6, 6.07) is 6.78. The molecule has 2 N–H and O–H groups in total. The molecule has 1 aromatic carbocycles. The van der Waals surface area contributed by atoms with Gasteiger partial charge in [0.15, 0.2) is 0 Å². The molecule has 1 aromatic rings. The second-order valence-corrected chi connectivity index (χ2v) is 7.03. The maximum atomic E-state index is 12.9. The SMILES string of the molecule is CC(C)N(C[C@H]1C[C@H]2C=C[C@H]1C2)C(=O)c1ccc(C(N)=O)cc1. The average molecular weight is 312 g/mol. The van der Waals surface area contributed by atoms with Gasteiger partial charge in [-0.3, -0.25) is 9.59 Å². The number of nitrogens with two attached hydrogens (primary N) is 1. The summed E-state index contributed by atoms with van der Waals surface area (Å²) < 4.78 is 0. The zero-order valence-electron chi connectivity index (χ0n) is 13.7. The number of primary amides is 1. The van der Waals surface area contributed by atoms with Crippen molar-refractivity contribution in [3.63, 3.8) is 0 Å². The van der Waals surface area contributed by atoms with Crippen LogP contribution in [0.15, 0.2) is 36.4 Å². The van der Waals surface area contributed by atoms with Gasteiger partial charge >= 0.3 is 0 Å². The highest BCUT2D eigenvalue weighted by Gasteiger charge is 2.37. The van der Waals surface area contributed by atoms with Crippen LogP contribution in [-0.2, 0) is 0 Å². The van der Waals surface area contributed by atoms with E-state index < -0.39 is 5.91 Å². The van der Waals surface area contributed by atoms with E-state index >= 15 is 0 Å². The molecule has 0 aromatic heterocycles. The number of amides is 2. The summed E-state index contributed by atoms with van der Waals surface area (Å²) >= 11 is 0. The van der Waals surface area contributed by atoms with Crippen LogP contribution in [0.1, 0.15) is 47.4 Å². The molecule has 122 valence electrons. The first-order valence-corrected chi connectivity index (χ1v) is 8.35. The number of hydrogen-bond acceptors (Lipinski definition) is 2. The van der Waals surface area contributed by atoms with Crippen LogP contribution >= 0.6 is 0 Å². The topological polar surface area (TPSA) is 63.4 Å². The number of benzene rings is 1. The van der Waals surface area contributed by atoms with Gasteiger partial charge in [0.2, 0.25) is 5.91 Å². The molecule has 0 saturated heterocycles. The molecule has 2 bridgehead atoms. The highest BCUT2D eigenvalue weighted by Crippen LogP contribution is 2.43. The summed E-state index contributed by atoms with van der Waals surface area (Å²) in [6.45, 7) is 4.91. The molecule has 3 rings (SSSR count). The van der Waals surface area contributed by atoms with Crippen LogP contribution in [-0.4, -0.2) is 29.3 Å².